The smallest absolute Gasteiger partial charge is 0.347 e. The molecule has 1 heterocycles. The van der Waals surface area contributed by atoms with E-state index in [4.69, 9.17) is 4.74 Å². The molecule has 4 nitrogen and oxygen atoms in total. The summed E-state index contributed by atoms with van der Waals surface area (Å²) in [5, 5.41) is 10.8. The second-order valence-electron chi connectivity index (χ2n) is 5.81. The fourth-order valence-corrected chi connectivity index (χ4v) is 2.42. The summed E-state index contributed by atoms with van der Waals surface area (Å²) in [6, 6.07) is 8.78. The zero-order chi connectivity index (χ0) is 16.2. The van der Waals surface area contributed by atoms with Crippen molar-refractivity contribution in [2.75, 3.05) is 26.7 Å². The normalized spacial score (nSPS) is 18.2. The Kier molecular flexibility index (Phi) is 5.16. The number of ether oxygens (including phenoxy) is 1. The molecule has 0 spiro atoms. The van der Waals surface area contributed by atoms with Gasteiger partial charge in [0.2, 0.25) is 5.60 Å². The van der Waals surface area contributed by atoms with Crippen LogP contribution in [-0.4, -0.2) is 42.7 Å². The molecule has 0 aromatic heterocycles. The molecule has 1 aromatic carbocycles. The summed E-state index contributed by atoms with van der Waals surface area (Å²) < 4.78 is 5.36. The van der Waals surface area contributed by atoms with E-state index in [-0.39, 0.29) is 6.61 Å². The lowest BCUT2D eigenvalue weighted by atomic mass is 9.88. The van der Waals surface area contributed by atoms with Crippen molar-refractivity contribution in [3.05, 3.63) is 59.7 Å². The van der Waals surface area contributed by atoms with Gasteiger partial charge in [-0.25, -0.2) is 4.79 Å². The van der Waals surface area contributed by atoms with E-state index in [0.717, 1.165) is 25.1 Å². The van der Waals surface area contributed by atoms with Gasteiger partial charge in [-0.2, -0.15) is 0 Å². The number of rotatable bonds is 5. The Hall–Kier alpha value is -1.91. The minimum absolute atomic E-state index is 0.217. The number of aliphatic hydroxyl groups is 1. The Morgan fingerprint density at radius 1 is 1.41 bits per heavy atom. The highest BCUT2D eigenvalue weighted by atomic mass is 16.5. The molecule has 4 heteroatoms. The number of carbonyl (C=O) groups excluding carboxylic acids is 1. The van der Waals surface area contributed by atoms with Crippen molar-refractivity contribution in [3.8, 4) is 0 Å². The van der Waals surface area contributed by atoms with Gasteiger partial charge in [0, 0.05) is 13.1 Å². The Morgan fingerprint density at radius 2 is 2.09 bits per heavy atom. The van der Waals surface area contributed by atoms with Crippen LogP contribution in [-0.2, 0) is 15.1 Å². The summed E-state index contributed by atoms with van der Waals surface area (Å²) in [6.45, 7) is 7.41. The van der Waals surface area contributed by atoms with Crippen molar-refractivity contribution < 1.29 is 14.6 Å². The zero-order valence-electron chi connectivity index (χ0n) is 13.2. The summed E-state index contributed by atoms with van der Waals surface area (Å²) in [7, 11) is 2.05. The maximum absolute atomic E-state index is 12.4. The van der Waals surface area contributed by atoms with Crippen LogP contribution in [0, 0.1) is 0 Å². The van der Waals surface area contributed by atoms with E-state index < -0.39 is 11.6 Å². The molecule has 1 atom stereocenters. The molecule has 0 saturated heterocycles. The first-order chi connectivity index (χ1) is 10.4. The van der Waals surface area contributed by atoms with E-state index in [1.165, 1.54) is 0 Å². The highest BCUT2D eigenvalue weighted by Crippen LogP contribution is 2.30. The van der Waals surface area contributed by atoms with Gasteiger partial charge in [0.1, 0.15) is 6.61 Å². The van der Waals surface area contributed by atoms with Gasteiger partial charge in [-0.3, -0.25) is 0 Å². The van der Waals surface area contributed by atoms with Gasteiger partial charge in [0.15, 0.2) is 0 Å². The number of carbonyl (C=O) groups is 1. The third-order valence-corrected chi connectivity index (χ3v) is 4.00. The molecule has 2 rings (SSSR count). The molecular weight excluding hydrogens is 278 g/mol. The molecule has 1 unspecified atom stereocenters. The third-order valence-electron chi connectivity index (χ3n) is 4.00. The van der Waals surface area contributed by atoms with Crippen LogP contribution in [0.1, 0.15) is 18.9 Å². The van der Waals surface area contributed by atoms with Crippen molar-refractivity contribution in [2.45, 2.75) is 18.9 Å². The highest BCUT2D eigenvalue weighted by Gasteiger charge is 2.40. The van der Waals surface area contributed by atoms with Crippen molar-refractivity contribution in [1.82, 2.24) is 4.90 Å². The number of hydrogen-bond acceptors (Lipinski definition) is 4. The molecule has 0 bridgehead atoms. The minimum atomic E-state index is -1.80. The second kappa shape index (κ2) is 6.90. The quantitative estimate of drug-likeness (QED) is 0.669. The number of benzene rings is 1. The van der Waals surface area contributed by atoms with Gasteiger partial charge >= 0.3 is 5.97 Å². The molecule has 0 saturated carbocycles. The van der Waals surface area contributed by atoms with Crippen LogP contribution >= 0.6 is 0 Å². The maximum atomic E-state index is 12.4. The molecule has 0 fully saturated rings. The number of likely N-dealkylation sites (N-methyl/N-ethyl adjacent to an activating group) is 1. The van der Waals surface area contributed by atoms with Gasteiger partial charge in [0.25, 0.3) is 0 Å². The van der Waals surface area contributed by atoms with Gasteiger partial charge in [0.05, 0.1) is 0 Å². The van der Waals surface area contributed by atoms with E-state index in [2.05, 4.69) is 24.6 Å². The average Bonchev–Trinajstić information content (AvgIpc) is 2.53. The molecule has 1 aliphatic rings. The number of hydrogen-bond donors (Lipinski definition) is 1. The first-order valence-corrected chi connectivity index (χ1v) is 7.42. The van der Waals surface area contributed by atoms with E-state index in [1.807, 2.05) is 6.07 Å². The summed E-state index contributed by atoms with van der Waals surface area (Å²) >= 11 is 0. The lowest BCUT2D eigenvalue weighted by molar-refractivity contribution is -0.161. The summed E-state index contributed by atoms with van der Waals surface area (Å²) in [6.07, 6.45) is 2.94. The van der Waals surface area contributed by atoms with Gasteiger partial charge in [-0.05, 0) is 37.1 Å². The van der Waals surface area contributed by atoms with Crippen LogP contribution in [0.15, 0.2) is 54.1 Å². The van der Waals surface area contributed by atoms with E-state index in [9.17, 15) is 9.90 Å². The van der Waals surface area contributed by atoms with Crippen LogP contribution in [0.3, 0.4) is 0 Å². The Labute approximate surface area is 131 Å². The predicted molar refractivity (Wildman–Crippen MR) is 86.3 cm³/mol. The topological polar surface area (TPSA) is 49.8 Å². The average molecular weight is 301 g/mol. The molecule has 22 heavy (non-hydrogen) atoms. The minimum Gasteiger partial charge on any atom is -0.459 e. The molecule has 0 radical (unpaired) electrons. The Bertz CT molecular complexity index is 579. The molecule has 0 amide bonds. The van der Waals surface area contributed by atoms with Gasteiger partial charge in [-0.1, -0.05) is 43.0 Å². The van der Waals surface area contributed by atoms with E-state index >= 15 is 0 Å². The lowest BCUT2D eigenvalue weighted by Gasteiger charge is -2.28. The SMILES string of the molecule is C=C(C)C(O)(C(=O)OCC1=CCN(C)CC1)c1ccccc1. The summed E-state index contributed by atoms with van der Waals surface area (Å²) in [4.78, 5) is 14.6. The summed E-state index contributed by atoms with van der Waals surface area (Å²) in [5.74, 6) is -0.675. The standard InChI is InChI=1S/C18H23NO3/c1-14(2)18(21,16-7-5-4-6-8-16)17(20)22-13-15-9-11-19(3)12-10-15/h4-9,21H,1,10-13H2,2-3H3. The molecule has 118 valence electrons. The third kappa shape index (κ3) is 3.46. The van der Waals surface area contributed by atoms with Crippen LogP contribution in [0.25, 0.3) is 0 Å². The Balaban J connectivity index is 2.10. The van der Waals surface area contributed by atoms with E-state index in [1.54, 1.807) is 31.2 Å². The zero-order valence-corrected chi connectivity index (χ0v) is 13.2. The van der Waals surface area contributed by atoms with Gasteiger partial charge < -0.3 is 14.7 Å². The predicted octanol–water partition coefficient (Wildman–Crippen LogP) is 2.26. The van der Waals surface area contributed by atoms with Crippen LogP contribution < -0.4 is 0 Å². The monoisotopic (exact) mass is 301 g/mol. The van der Waals surface area contributed by atoms with Crippen molar-refractivity contribution in [2.24, 2.45) is 0 Å². The van der Waals surface area contributed by atoms with Crippen molar-refractivity contribution in [3.63, 3.8) is 0 Å². The first kappa shape index (κ1) is 16.5. The largest absolute Gasteiger partial charge is 0.459 e. The molecule has 0 aliphatic carbocycles. The van der Waals surface area contributed by atoms with Crippen molar-refractivity contribution in [1.29, 1.82) is 0 Å². The van der Waals surface area contributed by atoms with Crippen LogP contribution in [0.2, 0.25) is 0 Å². The molecule has 1 aliphatic heterocycles. The van der Waals surface area contributed by atoms with Crippen LogP contribution in [0.4, 0.5) is 0 Å². The van der Waals surface area contributed by atoms with Crippen molar-refractivity contribution >= 4 is 5.97 Å². The Morgan fingerprint density at radius 3 is 2.64 bits per heavy atom. The molecule has 1 aromatic rings. The highest BCUT2D eigenvalue weighted by molar-refractivity contribution is 5.84. The number of esters is 1. The first-order valence-electron chi connectivity index (χ1n) is 7.42. The molecule has 1 N–H and O–H groups in total. The van der Waals surface area contributed by atoms with Gasteiger partial charge in [-0.15, -0.1) is 0 Å². The second-order valence-corrected chi connectivity index (χ2v) is 5.81. The number of nitrogens with zero attached hydrogens (tertiary/aromatic N) is 1. The van der Waals surface area contributed by atoms with E-state index in [0.29, 0.717) is 11.1 Å². The fourth-order valence-electron chi connectivity index (χ4n) is 2.42. The maximum Gasteiger partial charge on any atom is 0.347 e. The molecular formula is C18H23NO3. The fraction of sp³-hybridized carbons (Fsp3) is 0.389. The summed E-state index contributed by atoms with van der Waals surface area (Å²) in [5.41, 5.74) is 0.113. The van der Waals surface area contributed by atoms with Crippen LogP contribution in [0.5, 0.6) is 0 Å². The lowest BCUT2D eigenvalue weighted by Crippen LogP contribution is -2.39.